The summed E-state index contributed by atoms with van der Waals surface area (Å²) in [6.45, 7) is 6.72. The van der Waals surface area contributed by atoms with Crippen LogP contribution in [0.4, 0.5) is 11.5 Å². The number of fused-ring (bicyclic) bond motifs is 1. The molecule has 0 N–H and O–H groups in total. The summed E-state index contributed by atoms with van der Waals surface area (Å²) in [6.07, 6.45) is 1.95. The number of rotatable bonds is 4. The van der Waals surface area contributed by atoms with Crippen LogP contribution in [-0.4, -0.2) is 66.2 Å². The van der Waals surface area contributed by atoms with Crippen LogP contribution >= 0.6 is 0 Å². The Labute approximate surface area is 170 Å². The van der Waals surface area contributed by atoms with Gasteiger partial charge in [0, 0.05) is 56.9 Å². The maximum Gasteiger partial charge on any atom is 0.227 e. The molecule has 8 heteroatoms. The normalized spacial score (nSPS) is 14.5. The molecule has 2 aromatic heterocycles. The zero-order chi connectivity index (χ0) is 20.5. The van der Waals surface area contributed by atoms with Crippen molar-refractivity contribution in [1.82, 2.24) is 20.0 Å². The lowest BCUT2D eigenvalue weighted by molar-refractivity contribution is -0.130. The summed E-state index contributed by atoms with van der Waals surface area (Å²) in [6, 6.07) is 6.27. The molecule has 1 aliphatic heterocycles. The lowest BCUT2D eigenvalue weighted by Gasteiger charge is -2.36. The molecule has 0 unspecified atom stereocenters. The predicted octanol–water partition coefficient (Wildman–Crippen LogP) is 2.19. The number of piperazine rings is 1. The number of hydrogen-bond acceptors (Lipinski definition) is 7. The van der Waals surface area contributed by atoms with Gasteiger partial charge in [-0.2, -0.15) is 0 Å². The van der Waals surface area contributed by atoms with Crippen molar-refractivity contribution in [3.8, 4) is 0 Å². The van der Waals surface area contributed by atoms with E-state index in [9.17, 15) is 4.79 Å². The summed E-state index contributed by atoms with van der Waals surface area (Å²) in [5.41, 5.74) is 3.77. The molecule has 4 rings (SSSR count). The molecule has 1 aliphatic rings. The quantitative estimate of drug-likeness (QED) is 0.671. The van der Waals surface area contributed by atoms with Gasteiger partial charge in [0.25, 0.3) is 0 Å². The summed E-state index contributed by atoms with van der Waals surface area (Å²) in [7, 11) is 3.97. The molecule has 0 atom stereocenters. The largest absolute Gasteiger partial charge is 0.368 e. The van der Waals surface area contributed by atoms with Gasteiger partial charge in [-0.15, -0.1) is 0 Å². The number of carbonyl (C=O) groups is 1. The van der Waals surface area contributed by atoms with Gasteiger partial charge in [-0.3, -0.25) is 4.79 Å². The molecule has 0 aliphatic carbocycles. The van der Waals surface area contributed by atoms with E-state index >= 15 is 0 Å². The summed E-state index contributed by atoms with van der Waals surface area (Å²) < 4.78 is 5.18. The highest BCUT2D eigenvalue weighted by Crippen LogP contribution is 2.27. The van der Waals surface area contributed by atoms with Crippen molar-refractivity contribution in [2.75, 3.05) is 50.1 Å². The minimum atomic E-state index is 0.126. The van der Waals surface area contributed by atoms with Gasteiger partial charge < -0.3 is 19.2 Å². The van der Waals surface area contributed by atoms with Crippen molar-refractivity contribution in [2.24, 2.45) is 0 Å². The average Bonchev–Trinajstić information content (AvgIpc) is 3.05. The number of benzene rings is 1. The van der Waals surface area contributed by atoms with Gasteiger partial charge in [-0.1, -0.05) is 5.16 Å². The highest BCUT2D eigenvalue weighted by Gasteiger charge is 2.24. The van der Waals surface area contributed by atoms with Crippen molar-refractivity contribution in [2.45, 2.75) is 20.3 Å². The average molecular weight is 394 g/mol. The molecule has 3 aromatic rings. The Morgan fingerprint density at radius 3 is 2.55 bits per heavy atom. The van der Waals surface area contributed by atoms with Gasteiger partial charge in [0.2, 0.25) is 5.91 Å². The van der Waals surface area contributed by atoms with Gasteiger partial charge in [-0.05, 0) is 32.0 Å². The monoisotopic (exact) mass is 394 g/mol. The second-order valence-electron chi connectivity index (χ2n) is 7.64. The van der Waals surface area contributed by atoms with E-state index in [2.05, 4.69) is 32.2 Å². The van der Waals surface area contributed by atoms with Crippen molar-refractivity contribution in [3.05, 3.63) is 41.5 Å². The molecule has 3 heterocycles. The first kappa shape index (κ1) is 19.2. The van der Waals surface area contributed by atoms with Crippen molar-refractivity contribution in [3.63, 3.8) is 0 Å². The molecule has 1 amide bonds. The first-order chi connectivity index (χ1) is 13.9. The van der Waals surface area contributed by atoms with Crippen LogP contribution in [0.1, 0.15) is 17.0 Å². The van der Waals surface area contributed by atoms with Gasteiger partial charge in [0.15, 0.2) is 0 Å². The topological polar surface area (TPSA) is 78.6 Å². The summed E-state index contributed by atoms with van der Waals surface area (Å²) in [4.78, 5) is 27.7. The van der Waals surface area contributed by atoms with Gasteiger partial charge in [0.05, 0.1) is 17.6 Å². The second kappa shape index (κ2) is 7.69. The minimum absolute atomic E-state index is 0.126. The zero-order valence-corrected chi connectivity index (χ0v) is 17.3. The molecule has 0 bridgehead atoms. The number of carbonyl (C=O) groups excluding carboxylic acids is 1. The number of amides is 1. The molecule has 1 aromatic carbocycles. The highest BCUT2D eigenvalue weighted by atomic mass is 16.5. The van der Waals surface area contributed by atoms with E-state index in [1.54, 1.807) is 6.33 Å². The number of anilines is 2. The number of nitrogens with zero attached hydrogens (tertiary/aromatic N) is 6. The number of aromatic nitrogens is 3. The molecule has 1 saturated heterocycles. The molecular weight excluding hydrogens is 368 g/mol. The smallest absolute Gasteiger partial charge is 0.227 e. The third-order valence-corrected chi connectivity index (χ3v) is 5.53. The maximum atomic E-state index is 12.7. The van der Waals surface area contributed by atoms with E-state index in [1.165, 1.54) is 0 Å². The zero-order valence-electron chi connectivity index (χ0n) is 17.3. The van der Waals surface area contributed by atoms with Crippen molar-refractivity contribution in [1.29, 1.82) is 0 Å². The molecule has 152 valence electrons. The van der Waals surface area contributed by atoms with E-state index in [1.807, 2.05) is 43.8 Å². The van der Waals surface area contributed by atoms with E-state index < -0.39 is 0 Å². The second-order valence-corrected chi connectivity index (χ2v) is 7.64. The SMILES string of the molecule is Cc1noc(C)c1CC(=O)N1CCN(c2ccc3ncnc(N(C)C)c3c2)CC1. The molecular formula is C21H26N6O2. The van der Waals surface area contributed by atoms with E-state index in [0.717, 1.165) is 52.5 Å². The van der Waals surface area contributed by atoms with Gasteiger partial charge >= 0.3 is 0 Å². The van der Waals surface area contributed by atoms with Crippen LogP contribution in [0, 0.1) is 13.8 Å². The minimum Gasteiger partial charge on any atom is -0.368 e. The summed E-state index contributed by atoms with van der Waals surface area (Å²) >= 11 is 0. The Kier molecular flexibility index (Phi) is 5.08. The fourth-order valence-corrected chi connectivity index (χ4v) is 3.82. The molecule has 1 fully saturated rings. The van der Waals surface area contributed by atoms with Crippen LogP contribution in [0.3, 0.4) is 0 Å². The van der Waals surface area contributed by atoms with Crippen LogP contribution in [-0.2, 0) is 11.2 Å². The van der Waals surface area contributed by atoms with E-state index in [-0.39, 0.29) is 5.91 Å². The first-order valence-electron chi connectivity index (χ1n) is 9.80. The van der Waals surface area contributed by atoms with Crippen LogP contribution in [0.2, 0.25) is 0 Å². The van der Waals surface area contributed by atoms with E-state index in [4.69, 9.17) is 4.52 Å². The van der Waals surface area contributed by atoms with Crippen LogP contribution in [0.5, 0.6) is 0 Å². The van der Waals surface area contributed by atoms with Crippen LogP contribution in [0.15, 0.2) is 29.0 Å². The van der Waals surface area contributed by atoms with Crippen LogP contribution < -0.4 is 9.80 Å². The third kappa shape index (κ3) is 3.74. The maximum absolute atomic E-state index is 12.7. The summed E-state index contributed by atoms with van der Waals surface area (Å²) in [5.74, 6) is 1.76. The standard InChI is InChI=1S/C21H26N6O2/c1-14-17(15(2)29-24-14)12-20(28)27-9-7-26(8-10-27)16-5-6-19-18(11-16)21(25(3)4)23-13-22-19/h5-6,11,13H,7-10,12H2,1-4H3. The van der Waals surface area contributed by atoms with Crippen molar-refractivity contribution < 1.29 is 9.32 Å². The summed E-state index contributed by atoms with van der Waals surface area (Å²) in [5, 5.41) is 4.98. The first-order valence-corrected chi connectivity index (χ1v) is 9.80. The van der Waals surface area contributed by atoms with Gasteiger partial charge in [0.1, 0.15) is 17.9 Å². The predicted molar refractivity (Wildman–Crippen MR) is 112 cm³/mol. The number of aryl methyl sites for hydroxylation is 2. The Morgan fingerprint density at radius 2 is 1.90 bits per heavy atom. The van der Waals surface area contributed by atoms with E-state index in [0.29, 0.717) is 19.5 Å². The van der Waals surface area contributed by atoms with Gasteiger partial charge in [-0.25, -0.2) is 9.97 Å². The Balaban J connectivity index is 1.45. The molecule has 0 radical (unpaired) electrons. The lowest BCUT2D eigenvalue weighted by Crippen LogP contribution is -2.49. The molecule has 0 saturated carbocycles. The fourth-order valence-electron chi connectivity index (χ4n) is 3.82. The molecule has 0 spiro atoms. The Morgan fingerprint density at radius 1 is 1.14 bits per heavy atom. The lowest BCUT2D eigenvalue weighted by atomic mass is 10.1. The van der Waals surface area contributed by atoms with Crippen LogP contribution in [0.25, 0.3) is 10.9 Å². The fraction of sp³-hybridized carbons (Fsp3) is 0.429. The Hall–Kier alpha value is -3.16. The highest BCUT2D eigenvalue weighted by molar-refractivity contribution is 5.91. The van der Waals surface area contributed by atoms with Crippen molar-refractivity contribution >= 4 is 28.3 Å². The molecule has 29 heavy (non-hydrogen) atoms. The Bertz CT molecular complexity index is 1020. The third-order valence-electron chi connectivity index (χ3n) is 5.53. The number of hydrogen-bond donors (Lipinski definition) is 0. The molecule has 8 nitrogen and oxygen atoms in total.